The second-order valence-electron chi connectivity index (χ2n) is 5.58. The number of amides is 1. The zero-order valence-corrected chi connectivity index (χ0v) is 14.3. The summed E-state index contributed by atoms with van der Waals surface area (Å²) in [7, 11) is 0. The number of nitrogens with zero attached hydrogens (tertiary/aromatic N) is 1. The summed E-state index contributed by atoms with van der Waals surface area (Å²) in [5.41, 5.74) is 3.39. The number of anilines is 1. The van der Waals surface area contributed by atoms with Crippen molar-refractivity contribution in [3.8, 4) is 6.07 Å². The number of hydrogen-bond donors (Lipinski definition) is 1. The van der Waals surface area contributed by atoms with Crippen molar-refractivity contribution in [2.45, 2.75) is 20.8 Å². The summed E-state index contributed by atoms with van der Waals surface area (Å²) in [5.74, 6) is -1.01. The number of hydrogen-bond acceptors (Lipinski definition) is 5. The molecule has 2 rings (SSSR count). The number of furan rings is 1. The van der Waals surface area contributed by atoms with E-state index in [0.717, 1.165) is 16.7 Å². The van der Waals surface area contributed by atoms with E-state index in [2.05, 4.69) is 5.32 Å². The summed E-state index contributed by atoms with van der Waals surface area (Å²) in [4.78, 5) is 23.9. The van der Waals surface area contributed by atoms with Crippen LogP contribution in [-0.4, -0.2) is 18.5 Å². The Kier molecular flexibility index (Phi) is 5.75. The van der Waals surface area contributed by atoms with E-state index >= 15 is 0 Å². The number of nitriles is 1. The quantitative estimate of drug-likeness (QED) is 0.513. The Hall–Kier alpha value is -3.33. The number of carbonyl (C=O) groups is 2. The number of aryl methyl sites for hydroxylation is 3. The summed E-state index contributed by atoms with van der Waals surface area (Å²) in [6, 6.07) is 8.87. The Morgan fingerprint density at radius 2 is 1.96 bits per heavy atom. The number of rotatable bonds is 5. The average Bonchev–Trinajstić information content (AvgIpc) is 3.06. The smallest absolute Gasteiger partial charge is 0.349 e. The molecule has 25 heavy (non-hydrogen) atoms. The lowest BCUT2D eigenvalue weighted by atomic mass is 10.1. The first-order chi connectivity index (χ1) is 11.9. The van der Waals surface area contributed by atoms with E-state index in [1.54, 1.807) is 18.2 Å². The molecular formula is C19H18N2O4. The van der Waals surface area contributed by atoms with E-state index in [1.165, 1.54) is 12.3 Å². The first-order valence-electron chi connectivity index (χ1n) is 7.61. The molecule has 0 aliphatic heterocycles. The van der Waals surface area contributed by atoms with Crippen LogP contribution in [-0.2, 0) is 14.3 Å². The standard InChI is InChI=1S/C19H18N2O4/c1-12-7-13(2)18(14(3)8-12)21-17(22)11-25-19(23)15(10-20)9-16-5-4-6-24-16/h4-9H,11H2,1-3H3,(H,21,22)/b15-9+. The van der Waals surface area contributed by atoms with Crippen molar-refractivity contribution in [3.05, 3.63) is 58.6 Å². The molecule has 0 atom stereocenters. The molecule has 1 heterocycles. The van der Waals surface area contributed by atoms with E-state index in [-0.39, 0.29) is 5.57 Å². The van der Waals surface area contributed by atoms with Gasteiger partial charge >= 0.3 is 5.97 Å². The SMILES string of the molecule is Cc1cc(C)c(NC(=O)COC(=O)/C(C#N)=C/c2ccco2)c(C)c1. The van der Waals surface area contributed by atoms with Crippen molar-refractivity contribution in [2.24, 2.45) is 0 Å². The summed E-state index contributed by atoms with van der Waals surface area (Å²) >= 11 is 0. The molecule has 6 nitrogen and oxygen atoms in total. The van der Waals surface area contributed by atoms with Crippen LogP contribution in [0, 0.1) is 32.1 Å². The van der Waals surface area contributed by atoms with E-state index in [0.29, 0.717) is 11.4 Å². The Morgan fingerprint density at radius 3 is 2.52 bits per heavy atom. The van der Waals surface area contributed by atoms with Gasteiger partial charge in [-0.1, -0.05) is 17.7 Å². The topological polar surface area (TPSA) is 92.3 Å². The maximum absolute atomic E-state index is 12.0. The third-order valence-corrected chi connectivity index (χ3v) is 3.45. The lowest BCUT2D eigenvalue weighted by molar-refractivity contribution is -0.142. The van der Waals surface area contributed by atoms with Crippen LogP contribution in [0.3, 0.4) is 0 Å². The fraction of sp³-hybridized carbons (Fsp3) is 0.211. The van der Waals surface area contributed by atoms with Gasteiger partial charge in [0, 0.05) is 11.8 Å². The Morgan fingerprint density at radius 1 is 1.28 bits per heavy atom. The average molecular weight is 338 g/mol. The van der Waals surface area contributed by atoms with Crippen LogP contribution < -0.4 is 5.32 Å². The van der Waals surface area contributed by atoms with E-state index < -0.39 is 18.5 Å². The van der Waals surface area contributed by atoms with Crippen molar-refractivity contribution in [1.29, 1.82) is 5.26 Å². The van der Waals surface area contributed by atoms with Crippen molar-refractivity contribution in [3.63, 3.8) is 0 Å². The van der Waals surface area contributed by atoms with Crippen molar-refractivity contribution >= 4 is 23.6 Å². The molecule has 0 saturated carbocycles. The molecule has 0 spiro atoms. The van der Waals surface area contributed by atoms with Gasteiger partial charge in [0.15, 0.2) is 6.61 Å². The molecule has 6 heteroatoms. The number of esters is 1. The van der Waals surface area contributed by atoms with Gasteiger partial charge in [-0.15, -0.1) is 0 Å². The van der Waals surface area contributed by atoms with Gasteiger partial charge in [-0.3, -0.25) is 4.79 Å². The molecule has 0 aliphatic rings. The lowest BCUT2D eigenvalue weighted by Gasteiger charge is -2.12. The molecule has 1 aromatic carbocycles. The third kappa shape index (κ3) is 4.82. The van der Waals surface area contributed by atoms with Crippen LogP contribution in [0.4, 0.5) is 5.69 Å². The second kappa shape index (κ2) is 7.97. The minimum absolute atomic E-state index is 0.245. The molecule has 0 radical (unpaired) electrons. The van der Waals surface area contributed by atoms with E-state index in [1.807, 2.05) is 32.9 Å². The highest BCUT2D eigenvalue weighted by Gasteiger charge is 2.15. The van der Waals surface area contributed by atoms with Gasteiger partial charge < -0.3 is 14.5 Å². The third-order valence-electron chi connectivity index (χ3n) is 3.45. The normalized spacial score (nSPS) is 10.9. The molecule has 2 aromatic rings. The van der Waals surface area contributed by atoms with Crippen molar-refractivity contribution in [1.82, 2.24) is 0 Å². The van der Waals surface area contributed by atoms with Crippen LogP contribution >= 0.6 is 0 Å². The highest BCUT2D eigenvalue weighted by molar-refractivity contribution is 6.00. The fourth-order valence-corrected chi connectivity index (χ4v) is 2.41. The van der Waals surface area contributed by atoms with Crippen LogP contribution in [0.15, 0.2) is 40.5 Å². The molecule has 0 unspecified atom stereocenters. The summed E-state index contributed by atoms with van der Waals surface area (Å²) < 4.78 is 9.94. The zero-order valence-electron chi connectivity index (χ0n) is 14.3. The van der Waals surface area contributed by atoms with Gasteiger partial charge in [0.05, 0.1) is 6.26 Å². The monoisotopic (exact) mass is 338 g/mol. The molecular weight excluding hydrogens is 320 g/mol. The summed E-state index contributed by atoms with van der Waals surface area (Å²) in [5, 5.41) is 11.8. The Labute approximate surface area is 145 Å². The van der Waals surface area contributed by atoms with E-state index in [9.17, 15) is 9.59 Å². The van der Waals surface area contributed by atoms with Crippen molar-refractivity contribution < 1.29 is 18.7 Å². The minimum atomic E-state index is -0.883. The van der Waals surface area contributed by atoms with Crippen LogP contribution in [0.2, 0.25) is 0 Å². The Bertz CT molecular complexity index is 835. The molecule has 0 fully saturated rings. The zero-order chi connectivity index (χ0) is 18.4. The molecule has 1 N–H and O–H groups in total. The molecule has 1 amide bonds. The number of benzene rings is 1. The summed E-state index contributed by atoms with van der Waals surface area (Å²) in [6.45, 7) is 5.27. The van der Waals surface area contributed by atoms with Crippen LogP contribution in [0.1, 0.15) is 22.5 Å². The Balaban J connectivity index is 1.98. The molecule has 0 saturated heterocycles. The second-order valence-corrected chi connectivity index (χ2v) is 5.58. The summed E-state index contributed by atoms with van der Waals surface area (Å²) in [6.07, 6.45) is 2.68. The highest BCUT2D eigenvalue weighted by Crippen LogP contribution is 2.21. The largest absolute Gasteiger partial charge is 0.465 e. The van der Waals surface area contributed by atoms with Gasteiger partial charge in [-0.05, 0) is 44.0 Å². The first-order valence-corrected chi connectivity index (χ1v) is 7.61. The number of nitrogens with one attached hydrogen (secondary N) is 1. The predicted octanol–water partition coefficient (Wildman–Crippen LogP) is 3.29. The predicted molar refractivity (Wildman–Crippen MR) is 92.5 cm³/mol. The molecule has 0 aliphatic carbocycles. The van der Waals surface area contributed by atoms with Gasteiger partial charge in [0.1, 0.15) is 17.4 Å². The highest BCUT2D eigenvalue weighted by atomic mass is 16.5. The lowest BCUT2D eigenvalue weighted by Crippen LogP contribution is -2.22. The van der Waals surface area contributed by atoms with Crippen molar-refractivity contribution in [2.75, 3.05) is 11.9 Å². The molecule has 0 bridgehead atoms. The fourth-order valence-electron chi connectivity index (χ4n) is 2.41. The maximum Gasteiger partial charge on any atom is 0.349 e. The van der Waals surface area contributed by atoms with E-state index in [4.69, 9.17) is 14.4 Å². The maximum atomic E-state index is 12.0. The van der Waals surface area contributed by atoms with Crippen LogP contribution in [0.5, 0.6) is 0 Å². The first kappa shape index (κ1) is 18.0. The molecule has 1 aromatic heterocycles. The van der Waals surface area contributed by atoms with Gasteiger partial charge in [0.25, 0.3) is 5.91 Å². The number of carbonyl (C=O) groups excluding carboxylic acids is 2. The van der Waals surface area contributed by atoms with Gasteiger partial charge in [-0.25, -0.2) is 4.79 Å². The number of ether oxygens (including phenoxy) is 1. The molecule has 128 valence electrons. The van der Waals surface area contributed by atoms with Gasteiger partial charge in [0.2, 0.25) is 0 Å². The van der Waals surface area contributed by atoms with Crippen LogP contribution in [0.25, 0.3) is 6.08 Å². The van der Waals surface area contributed by atoms with Gasteiger partial charge in [-0.2, -0.15) is 5.26 Å². The minimum Gasteiger partial charge on any atom is -0.465 e.